The molecule has 19 heavy (non-hydrogen) atoms. The molecule has 0 unspecified atom stereocenters. The van der Waals surface area contributed by atoms with Crippen molar-refractivity contribution in [1.82, 2.24) is 4.98 Å². The van der Waals surface area contributed by atoms with Crippen LogP contribution >= 0.6 is 23.2 Å². The molecule has 0 atom stereocenters. The number of nitrogens with zero attached hydrogens (tertiary/aromatic N) is 2. The number of nitrogens with two attached hydrogens (primary N) is 1. The number of rotatable bonds is 2. The number of anilines is 2. The van der Waals surface area contributed by atoms with E-state index in [0.717, 1.165) is 0 Å². The Morgan fingerprint density at radius 3 is 2.68 bits per heavy atom. The molecule has 0 bridgehead atoms. The number of carbonyl (C=O) groups excluding carboxylic acids is 1. The van der Waals surface area contributed by atoms with Gasteiger partial charge in [0.05, 0.1) is 27.6 Å². The zero-order chi connectivity index (χ0) is 14.0. The van der Waals surface area contributed by atoms with Crippen molar-refractivity contribution in [3.8, 4) is 0 Å². The van der Waals surface area contributed by atoms with Gasteiger partial charge in [-0.3, -0.25) is 9.78 Å². The molecule has 0 aliphatic heterocycles. The third-order valence-electron chi connectivity index (χ3n) is 2.64. The van der Waals surface area contributed by atoms with Gasteiger partial charge in [-0.05, 0) is 24.3 Å². The van der Waals surface area contributed by atoms with E-state index in [4.69, 9.17) is 28.9 Å². The van der Waals surface area contributed by atoms with Crippen LogP contribution in [0.25, 0.3) is 0 Å². The standard InChI is InChI=1S/C13H11Cl2N3O/c1-18(9-3-2-4-17-7-9)13(19)8-5-10(14)12(15)11(16)6-8/h2-7H,16H2,1H3. The largest absolute Gasteiger partial charge is 0.397 e. The molecule has 0 saturated carbocycles. The summed E-state index contributed by atoms with van der Waals surface area (Å²) in [5.74, 6) is -0.238. The topological polar surface area (TPSA) is 59.2 Å². The first kappa shape index (κ1) is 13.6. The van der Waals surface area contributed by atoms with E-state index >= 15 is 0 Å². The van der Waals surface area contributed by atoms with Crippen molar-refractivity contribution >= 4 is 40.5 Å². The predicted octanol–water partition coefficient (Wildman–Crippen LogP) is 3.25. The second-order valence-corrected chi connectivity index (χ2v) is 4.72. The highest BCUT2D eigenvalue weighted by molar-refractivity contribution is 6.44. The summed E-state index contributed by atoms with van der Waals surface area (Å²) in [5.41, 5.74) is 7.03. The summed E-state index contributed by atoms with van der Waals surface area (Å²) in [5, 5.41) is 0.506. The van der Waals surface area contributed by atoms with Gasteiger partial charge in [0.25, 0.3) is 5.91 Å². The molecule has 4 nitrogen and oxygen atoms in total. The minimum Gasteiger partial charge on any atom is -0.397 e. The maximum Gasteiger partial charge on any atom is 0.258 e. The van der Waals surface area contributed by atoms with Gasteiger partial charge in [-0.1, -0.05) is 23.2 Å². The number of carbonyl (C=O) groups is 1. The van der Waals surface area contributed by atoms with Crippen molar-refractivity contribution in [1.29, 1.82) is 0 Å². The van der Waals surface area contributed by atoms with Crippen molar-refractivity contribution < 1.29 is 4.79 Å². The Morgan fingerprint density at radius 1 is 1.37 bits per heavy atom. The Kier molecular flexibility index (Phi) is 3.93. The maximum absolute atomic E-state index is 12.3. The van der Waals surface area contributed by atoms with Gasteiger partial charge in [-0.15, -0.1) is 0 Å². The molecule has 0 saturated heterocycles. The van der Waals surface area contributed by atoms with Gasteiger partial charge in [0.2, 0.25) is 0 Å². The van der Waals surface area contributed by atoms with E-state index < -0.39 is 0 Å². The number of amides is 1. The fraction of sp³-hybridized carbons (Fsp3) is 0.0769. The summed E-state index contributed by atoms with van der Waals surface area (Å²) >= 11 is 11.8. The average molecular weight is 296 g/mol. The quantitative estimate of drug-likeness (QED) is 0.865. The van der Waals surface area contributed by atoms with Gasteiger partial charge in [-0.2, -0.15) is 0 Å². The minimum atomic E-state index is -0.238. The SMILES string of the molecule is CN(C(=O)c1cc(N)c(Cl)c(Cl)c1)c1cccnc1. The van der Waals surface area contributed by atoms with Crippen molar-refractivity contribution in [2.75, 3.05) is 17.7 Å². The van der Waals surface area contributed by atoms with Gasteiger partial charge in [-0.25, -0.2) is 0 Å². The highest BCUT2D eigenvalue weighted by atomic mass is 35.5. The number of hydrogen-bond donors (Lipinski definition) is 1. The molecule has 2 aromatic rings. The van der Waals surface area contributed by atoms with E-state index in [1.165, 1.54) is 17.0 Å². The number of aromatic nitrogens is 1. The molecule has 0 spiro atoms. The third-order valence-corrected chi connectivity index (χ3v) is 3.46. The van der Waals surface area contributed by atoms with Crippen molar-refractivity contribution in [3.05, 3.63) is 52.3 Å². The van der Waals surface area contributed by atoms with Crippen LogP contribution in [0.15, 0.2) is 36.7 Å². The van der Waals surface area contributed by atoms with Crippen LogP contribution in [0.1, 0.15) is 10.4 Å². The van der Waals surface area contributed by atoms with E-state index in [2.05, 4.69) is 4.98 Å². The number of pyridine rings is 1. The lowest BCUT2D eigenvalue weighted by Gasteiger charge is -2.17. The summed E-state index contributed by atoms with van der Waals surface area (Å²) in [7, 11) is 1.65. The smallest absolute Gasteiger partial charge is 0.258 e. The van der Waals surface area contributed by atoms with Crippen molar-refractivity contribution in [2.24, 2.45) is 0 Å². The molecule has 0 fully saturated rings. The summed E-state index contributed by atoms with van der Waals surface area (Å²) in [6, 6.07) is 6.53. The lowest BCUT2D eigenvalue weighted by molar-refractivity contribution is 0.0993. The molecule has 1 amide bonds. The first-order chi connectivity index (χ1) is 9.00. The number of halogens is 2. The molecule has 6 heteroatoms. The molecule has 98 valence electrons. The number of nitrogen functional groups attached to an aromatic ring is 1. The molecule has 0 aliphatic carbocycles. The monoisotopic (exact) mass is 295 g/mol. The second-order valence-electron chi connectivity index (χ2n) is 3.94. The van der Waals surface area contributed by atoms with Crippen LogP contribution in [0, 0.1) is 0 Å². The Bertz CT molecular complexity index is 594. The van der Waals surface area contributed by atoms with E-state index in [1.807, 2.05) is 0 Å². The predicted molar refractivity (Wildman–Crippen MR) is 77.8 cm³/mol. The normalized spacial score (nSPS) is 10.3. The molecular weight excluding hydrogens is 285 g/mol. The van der Waals surface area contributed by atoms with Gasteiger partial charge < -0.3 is 10.6 Å². The summed E-state index contributed by atoms with van der Waals surface area (Å²) < 4.78 is 0. The second kappa shape index (κ2) is 5.47. The summed E-state index contributed by atoms with van der Waals surface area (Å²) in [4.78, 5) is 17.7. The first-order valence-electron chi connectivity index (χ1n) is 5.43. The summed E-state index contributed by atoms with van der Waals surface area (Å²) in [6.07, 6.45) is 3.23. The molecule has 0 aliphatic rings. The van der Waals surface area contributed by atoms with E-state index in [0.29, 0.717) is 11.3 Å². The fourth-order valence-corrected chi connectivity index (χ4v) is 1.93. The van der Waals surface area contributed by atoms with E-state index in [1.54, 1.807) is 31.6 Å². The van der Waals surface area contributed by atoms with Crippen LogP contribution in [0.3, 0.4) is 0 Å². The van der Waals surface area contributed by atoms with Crippen LogP contribution in [0.4, 0.5) is 11.4 Å². The number of hydrogen-bond acceptors (Lipinski definition) is 3. The van der Waals surface area contributed by atoms with Gasteiger partial charge >= 0.3 is 0 Å². The Balaban J connectivity index is 2.35. The Labute approximate surface area is 120 Å². The zero-order valence-corrected chi connectivity index (χ0v) is 11.6. The zero-order valence-electron chi connectivity index (χ0n) is 10.1. The Morgan fingerprint density at radius 2 is 2.11 bits per heavy atom. The summed E-state index contributed by atoms with van der Waals surface area (Å²) in [6.45, 7) is 0. The van der Waals surface area contributed by atoms with Crippen molar-refractivity contribution in [3.63, 3.8) is 0 Å². The van der Waals surface area contributed by atoms with Gasteiger partial charge in [0, 0.05) is 18.8 Å². The minimum absolute atomic E-state index is 0.238. The van der Waals surface area contributed by atoms with E-state index in [9.17, 15) is 4.79 Å². The molecule has 1 aromatic heterocycles. The molecule has 1 aromatic carbocycles. The molecule has 2 N–H and O–H groups in total. The first-order valence-corrected chi connectivity index (χ1v) is 6.19. The third kappa shape index (κ3) is 2.80. The van der Waals surface area contributed by atoms with E-state index in [-0.39, 0.29) is 21.6 Å². The van der Waals surface area contributed by atoms with Gasteiger partial charge in [0.1, 0.15) is 0 Å². The van der Waals surface area contributed by atoms with Crippen LogP contribution in [-0.4, -0.2) is 17.9 Å². The maximum atomic E-state index is 12.3. The van der Waals surface area contributed by atoms with Crippen molar-refractivity contribution in [2.45, 2.75) is 0 Å². The lowest BCUT2D eigenvalue weighted by atomic mass is 10.1. The molecule has 2 rings (SSSR count). The van der Waals surface area contributed by atoms with Gasteiger partial charge in [0.15, 0.2) is 0 Å². The fourth-order valence-electron chi connectivity index (χ4n) is 1.60. The van der Waals surface area contributed by atoms with Crippen LogP contribution in [0.2, 0.25) is 10.0 Å². The average Bonchev–Trinajstić information content (AvgIpc) is 2.43. The van der Waals surface area contributed by atoms with Crippen LogP contribution in [-0.2, 0) is 0 Å². The highest BCUT2D eigenvalue weighted by Gasteiger charge is 2.16. The Hall–Kier alpha value is -1.78. The molecule has 0 radical (unpaired) electrons. The molecular formula is C13H11Cl2N3O. The highest BCUT2D eigenvalue weighted by Crippen LogP contribution is 2.30. The van der Waals surface area contributed by atoms with Crippen LogP contribution in [0.5, 0.6) is 0 Å². The lowest BCUT2D eigenvalue weighted by Crippen LogP contribution is -2.26. The number of benzene rings is 1. The van der Waals surface area contributed by atoms with Crippen LogP contribution < -0.4 is 10.6 Å². The molecule has 1 heterocycles.